The third-order valence-electron chi connectivity index (χ3n) is 3.13. The largest absolute Gasteiger partial charge is 0.392 e. The molecule has 3 nitrogen and oxygen atoms in total. The van der Waals surface area contributed by atoms with Crippen molar-refractivity contribution in [1.29, 1.82) is 0 Å². The summed E-state index contributed by atoms with van der Waals surface area (Å²) in [6.45, 7) is 5.07. The first-order chi connectivity index (χ1) is 9.31. The van der Waals surface area contributed by atoms with Crippen LogP contribution in [0.2, 0.25) is 0 Å². The van der Waals surface area contributed by atoms with Crippen LogP contribution in [-0.4, -0.2) is 9.67 Å². The monoisotopic (exact) mass is 258 g/mol. The Hall–Kier alpha value is -1.58. The molecular formula is C16H22N2O. The molecule has 0 saturated carbocycles. The Morgan fingerprint density at radius 3 is 2.68 bits per heavy atom. The van der Waals surface area contributed by atoms with E-state index in [0.717, 1.165) is 31.6 Å². The molecule has 0 spiro atoms. The second-order valence-electron chi connectivity index (χ2n) is 4.84. The van der Waals surface area contributed by atoms with Gasteiger partial charge in [-0.05, 0) is 29.2 Å². The Morgan fingerprint density at radius 1 is 1.11 bits per heavy atom. The van der Waals surface area contributed by atoms with Gasteiger partial charge in [0.1, 0.15) is 0 Å². The van der Waals surface area contributed by atoms with E-state index in [1.54, 1.807) is 0 Å². The maximum Gasteiger partial charge on any atom is 0.0681 e. The van der Waals surface area contributed by atoms with Crippen LogP contribution in [0.3, 0.4) is 0 Å². The van der Waals surface area contributed by atoms with Crippen LogP contribution in [0.25, 0.3) is 0 Å². The fourth-order valence-electron chi connectivity index (χ4n) is 2.18. The van der Waals surface area contributed by atoms with Gasteiger partial charge in [-0.1, -0.05) is 31.2 Å². The molecule has 0 aliphatic heterocycles. The summed E-state index contributed by atoms with van der Waals surface area (Å²) in [6, 6.07) is 10.2. The highest BCUT2D eigenvalue weighted by atomic mass is 16.3. The Kier molecular flexibility index (Phi) is 5.19. The van der Waals surface area contributed by atoms with Gasteiger partial charge in [-0.2, -0.15) is 0 Å². The van der Waals surface area contributed by atoms with Crippen LogP contribution in [0.15, 0.2) is 42.7 Å². The SMILES string of the molecule is CCCn1ccc(CNCc2cccc(CO)c2)c1. The molecule has 19 heavy (non-hydrogen) atoms. The smallest absolute Gasteiger partial charge is 0.0681 e. The molecule has 0 aliphatic carbocycles. The van der Waals surface area contributed by atoms with E-state index in [9.17, 15) is 0 Å². The molecule has 2 aromatic rings. The predicted octanol–water partition coefficient (Wildman–Crippen LogP) is 2.68. The lowest BCUT2D eigenvalue weighted by molar-refractivity contribution is 0.281. The second-order valence-corrected chi connectivity index (χ2v) is 4.84. The fraction of sp³-hybridized carbons (Fsp3) is 0.375. The van der Waals surface area contributed by atoms with E-state index in [4.69, 9.17) is 5.11 Å². The number of rotatable bonds is 7. The molecule has 1 heterocycles. The minimum atomic E-state index is 0.105. The highest BCUT2D eigenvalue weighted by Crippen LogP contribution is 2.06. The molecule has 0 amide bonds. The maximum atomic E-state index is 9.10. The van der Waals surface area contributed by atoms with Gasteiger partial charge in [-0.3, -0.25) is 0 Å². The van der Waals surface area contributed by atoms with Gasteiger partial charge in [-0.15, -0.1) is 0 Å². The summed E-state index contributed by atoms with van der Waals surface area (Å²) in [6.07, 6.45) is 5.49. The lowest BCUT2D eigenvalue weighted by atomic mass is 10.1. The first-order valence-corrected chi connectivity index (χ1v) is 6.86. The zero-order chi connectivity index (χ0) is 13.5. The average Bonchev–Trinajstić information content (AvgIpc) is 2.87. The molecule has 0 bridgehead atoms. The first kappa shape index (κ1) is 13.8. The highest BCUT2D eigenvalue weighted by Gasteiger charge is 1.98. The van der Waals surface area contributed by atoms with Crippen molar-refractivity contribution in [3.05, 3.63) is 59.4 Å². The Labute approximate surface area is 114 Å². The van der Waals surface area contributed by atoms with Gasteiger partial charge < -0.3 is 15.0 Å². The molecule has 0 saturated heterocycles. The molecule has 0 radical (unpaired) electrons. The maximum absolute atomic E-state index is 9.10. The van der Waals surface area contributed by atoms with Crippen molar-refractivity contribution in [3.63, 3.8) is 0 Å². The average molecular weight is 258 g/mol. The van der Waals surface area contributed by atoms with E-state index in [-0.39, 0.29) is 6.61 Å². The molecular weight excluding hydrogens is 236 g/mol. The van der Waals surface area contributed by atoms with Gasteiger partial charge in [0.2, 0.25) is 0 Å². The Bertz CT molecular complexity index is 505. The van der Waals surface area contributed by atoms with Gasteiger partial charge >= 0.3 is 0 Å². The summed E-state index contributed by atoms with van der Waals surface area (Å²) in [4.78, 5) is 0. The van der Waals surface area contributed by atoms with Crippen LogP contribution >= 0.6 is 0 Å². The quantitative estimate of drug-likeness (QED) is 0.801. The van der Waals surface area contributed by atoms with E-state index >= 15 is 0 Å². The first-order valence-electron chi connectivity index (χ1n) is 6.86. The number of aryl methyl sites for hydroxylation is 1. The molecule has 0 fully saturated rings. The normalized spacial score (nSPS) is 10.8. The third-order valence-corrected chi connectivity index (χ3v) is 3.13. The summed E-state index contributed by atoms with van der Waals surface area (Å²) >= 11 is 0. The zero-order valence-corrected chi connectivity index (χ0v) is 11.5. The topological polar surface area (TPSA) is 37.2 Å². The second kappa shape index (κ2) is 7.12. The minimum Gasteiger partial charge on any atom is -0.392 e. The summed E-state index contributed by atoms with van der Waals surface area (Å²) in [5.41, 5.74) is 3.49. The van der Waals surface area contributed by atoms with Crippen molar-refractivity contribution >= 4 is 0 Å². The van der Waals surface area contributed by atoms with E-state index in [2.05, 4.69) is 41.3 Å². The summed E-state index contributed by atoms with van der Waals surface area (Å²) in [5.74, 6) is 0. The van der Waals surface area contributed by atoms with Gasteiger partial charge in [0.05, 0.1) is 6.61 Å². The third kappa shape index (κ3) is 4.23. The molecule has 2 N–H and O–H groups in total. The molecule has 0 aliphatic rings. The van der Waals surface area contributed by atoms with Crippen LogP contribution in [0, 0.1) is 0 Å². The van der Waals surface area contributed by atoms with Gasteiger partial charge in [0, 0.05) is 32.0 Å². The number of aromatic nitrogens is 1. The van der Waals surface area contributed by atoms with Crippen molar-refractivity contribution in [2.75, 3.05) is 0 Å². The molecule has 1 aromatic carbocycles. The molecule has 3 heteroatoms. The summed E-state index contributed by atoms with van der Waals surface area (Å²) in [7, 11) is 0. The summed E-state index contributed by atoms with van der Waals surface area (Å²) in [5, 5.41) is 12.5. The van der Waals surface area contributed by atoms with Crippen molar-refractivity contribution in [2.45, 2.75) is 39.6 Å². The van der Waals surface area contributed by atoms with Crippen LogP contribution in [0.1, 0.15) is 30.0 Å². The number of hydrogen-bond donors (Lipinski definition) is 2. The number of aliphatic hydroxyl groups excluding tert-OH is 1. The van der Waals surface area contributed by atoms with E-state index in [0.29, 0.717) is 0 Å². The lowest BCUT2D eigenvalue weighted by Gasteiger charge is -2.05. The highest BCUT2D eigenvalue weighted by molar-refractivity contribution is 5.22. The van der Waals surface area contributed by atoms with Gasteiger partial charge in [-0.25, -0.2) is 0 Å². The standard InChI is InChI=1S/C16H22N2O/c1-2-7-18-8-6-16(12-18)11-17-10-14-4-3-5-15(9-14)13-19/h3-6,8-9,12,17,19H,2,7,10-11,13H2,1H3. The molecule has 1 aromatic heterocycles. The molecule has 102 valence electrons. The minimum absolute atomic E-state index is 0.105. The van der Waals surface area contributed by atoms with Crippen molar-refractivity contribution in [3.8, 4) is 0 Å². The molecule has 0 unspecified atom stereocenters. The molecule has 0 atom stereocenters. The van der Waals surface area contributed by atoms with E-state index in [1.807, 2.05) is 18.2 Å². The van der Waals surface area contributed by atoms with Crippen LogP contribution < -0.4 is 5.32 Å². The van der Waals surface area contributed by atoms with Crippen molar-refractivity contribution in [1.82, 2.24) is 9.88 Å². The Balaban J connectivity index is 1.81. The Morgan fingerprint density at radius 2 is 1.89 bits per heavy atom. The van der Waals surface area contributed by atoms with E-state index in [1.165, 1.54) is 11.1 Å². The van der Waals surface area contributed by atoms with Crippen molar-refractivity contribution < 1.29 is 5.11 Å². The number of nitrogens with zero attached hydrogens (tertiary/aromatic N) is 1. The number of benzene rings is 1. The van der Waals surface area contributed by atoms with Gasteiger partial charge in [0.25, 0.3) is 0 Å². The lowest BCUT2D eigenvalue weighted by Crippen LogP contribution is -2.12. The van der Waals surface area contributed by atoms with Gasteiger partial charge in [0.15, 0.2) is 0 Å². The van der Waals surface area contributed by atoms with Crippen LogP contribution in [0.4, 0.5) is 0 Å². The van der Waals surface area contributed by atoms with E-state index < -0.39 is 0 Å². The molecule has 2 rings (SSSR count). The number of hydrogen-bond acceptors (Lipinski definition) is 2. The fourth-order valence-corrected chi connectivity index (χ4v) is 2.18. The summed E-state index contributed by atoms with van der Waals surface area (Å²) < 4.78 is 2.23. The predicted molar refractivity (Wildman–Crippen MR) is 77.6 cm³/mol. The van der Waals surface area contributed by atoms with Crippen LogP contribution in [-0.2, 0) is 26.2 Å². The van der Waals surface area contributed by atoms with Crippen LogP contribution in [0.5, 0.6) is 0 Å². The number of aliphatic hydroxyl groups is 1. The zero-order valence-electron chi connectivity index (χ0n) is 11.5. The number of nitrogens with one attached hydrogen (secondary N) is 1. The van der Waals surface area contributed by atoms with Crippen molar-refractivity contribution in [2.24, 2.45) is 0 Å².